The molecule has 1 aromatic carbocycles. The summed E-state index contributed by atoms with van der Waals surface area (Å²) in [6.07, 6.45) is 3.13. The lowest BCUT2D eigenvalue weighted by atomic mass is 10.1. The predicted molar refractivity (Wildman–Crippen MR) is 105 cm³/mol. The summed E-state index contributed by atoms with van der Waals surface area (Å²) >= 11 is 1.28. The molecule has 0 fully saturated rings. The Kier molecular flexibility index (Phi) is 4.81. The fourth-order valence-electron chi connectivity index (χ4n) is 2.80. The van der Waals surface area contributed by atoms with E-state index in [1.165, 1.54) is 11.3 Å². The molecule has 8 nitrogen and oxygen atoms in total. The van der Waals surface area contributed by atoms with E-state index in [9.17, 15) is 14.4 Å². The lowest BCUT2D eigenvalue weighted by Gasteiger charge is -2.13. The summed E-state index contributed by atoms with van der Waals surface area (Å²) in [4.78, 5) is 45.4. The second-order valence-corrected chi connectivity index (χ2v) is 6.95. The van der Waals surface area contributed by atoms with Crippen molar-refractivity contribution >= 4 is 39.9 Å². The highest BCUT2D eigenvalue weighted by Gasteiger charge is 2.29. The van der Waals surface area contributed by atoms with Crippen LogP contribution in [0.2, 0.25) is 0 Å². The predicted octanol–water partition coefficient (Wildman–Crippen LogP) is 2.28. The molecule has 0 aliphatic carbocycles. The van der Waals surface area contributed by atoms with Gasteiger partial charge in [0.05, 0.1) is 23.4 Å². The number of hydrogen-bond acceptors (Lipinski definition) is 6. The van der Waals surface area contributed by atoms with Gasteiger partial charge in [-0.2, -0.15) is 0 Å². The zero-order valence-electron chi connectivity index (χ0n) is 14.5. The molecule has 2 aromatic heterocycles. The second kappa shape index (κ2) is 7.57. The van der Waals surface area contributed by atoms with Gasteiger partial charge in [-0.1, -0.05) is 12.1 Å². The van der Waals surface area contributed by atoms with Gasteiger partial charge in [-0.15, -0.1) is 11.3 Å². The van der Waals surface area contributed by atoms with Gasteiger partial charge in [0.1, 0.15) is 6.04 Å². The van der Waals surface area contributed by atoms with E-state index in [2.05, 4.69) is 25.9 Å². The Morgan fingerprint density at radius 1 is 1.14 bits per heavy atom. The van der Waals surface area contributed by atoms with E-state index in [1.807, 2.05) is 17.5 Å². The van der Waals surface area contributed by atoms with Crippen LogP contribution in [-0.4, -0.2) is 33.7 Å². The summed E-state index contributed by atoms with van der Waals surface area (Å²) in [6, 6.07) is 9.37. The van der Waals surface area contributed by atoms with E-state index in [0.717, 1.165) is 11.3 Å². The number of para-hydroxylation sites is 1. The van der Waals surface area contributed by atoms with Gasteiger partial charge >= 0.3 is 0 Å². The van der Waals surface area contributed by atoms with Crippen molar-refractivity contribution in [3.05, 3.63) is 59.7 Å². The number of thiazole rings is 1. The molecule has 1 unspecified atom stereocenters. The Hall–Kier alpha value is -3.59. The lowest BCUT2D eigenvalue weighted by molar-refractivity contribution is -0.122. The average molecular weight is 393 g/mol. The molecule has 3 heterocycles. The van der Waals surface area contributed by atoms with Gasteiger partial charge in [0.25, 0.3) is 5.91 Å². The first-order valence-corrected chi connectivity index (χ1v) is 9.34. The summed E-state index contributed by atoms with van der Waals surface area (Å²) in [5.74, 6) is -1.26. The first-order chi connectivity index (χ1) is 13.6. The van der Waals surface area contributed by atoms with Crippen LogP contribution in [0.3, 0.4) is 0 Å². The van der Waals surface area contributed by atoms with Crippen LogP contribution in [0.1, 0.15) is 16.8 Å². The van der Waals surface area contributed by atoms with E-state index in [0.29, 0.717) is 16.4 Å². The van der Waals surface area contributed by atoms with E-state index < -0.39 is 23.8 Å². The lowest BCUT2D eigenvalue weighted by Crippen LogP contribution is -2.43. The third kappa shape index (κ3) is 3.74. The third-order valence-corrected chi connectivity index (χ3v) is 4.93. The monoisotopic (exact) mass is 393 g/mol. The van der Waals surface area contributed by atoms with Crippen LogP contribution >= 0.6 is 11.3 Å². The minimum absolute atomic E-state index is 0.199. The molecule has 0 saturated heterocycles. The number of pyridine rings is 1. The van der Waals surface area contributed by atoms with Crippen molar-refractivity contribution in [2.75, 3.05) is 10.6 Å². The van der Waals surface area contributed by atoms with Gasteiger partial charge in [-0.3, -0.25) is 19.4 Å². The number of rotatable bonds is 4. The molecule has 0 spiro atoms. The molecule has 4 rings (SSSR count). The molecule has 1 atom stereocenters. The quantitative estimate of drug-likeness (QED) is 0.629. The van der Waals surface area contributed by atoms with E-state index in [1.54, 1.807) is 36.7 Å². The number of hydrogen-bond donors (Lipinski definition) is 3. The summed E-state index contributed by atoms with van der Waals surface area (Å²) < 4.78 is 0. The van der Waals surface area contributed by atoms with Crippen LogP contribution in [0.25, 0.3) is 11.3 Å². The maximum absolute atomic E-state index is 12.4. The van der Waals surface area contributed by atoms with Gasteiger partial charge in [-0.25, -0.2) is 4.98 Å². The number of nitrogens with one attached hydrogen (secondary N) is 3. The molecule has 3 amide bonds. The summed E-state index contributed by atoms with van der Waals surface area (Å²) in [7, 11) is 0. The van der Waals surface area contributed by atoms with Crippen molar-refractivity contribution in [3.8, 4) is 11.3 Å². The zero-order valence-corrected chi connectivity index (χ0v) is 15.3. The van der Waals surface area contributed by atoms with E-state index in [-0.39, 0.29) is 6.42 Å². The number of carbonyl (C=O) groups excluding carboxylic acids is 3. The van der Waals surface area contributed by atoms with Crippen LogP contribution in [-0.2, 0) is 9.59 Å². The van der Waals surface area contributed by atoms with Crippen molar-refractivity contribution < 1.29 is 14.4 Å². The van der Waals surface area contributed by atoms with Crippen LogP contribution < -0.4 is 16.0 Å². The number of benzene rings is 1. The SMILES string of the molecule is O=C(CC1NC(=O)c2ccccc2NC1=O)Nc1nc(-c2ccncc2)cs1. The highest BCUT2D eigenvalue weighted by Crippen LogP contribution is 2.24. The molecule has 0 radical (unpaired) electrons. The fourth-order valence-corrected chi connectivity index (χ4v) is 3.53. The van der Waals surface area contributed by atoms with Crippen molar-refractivity contribution in [2.24, 2.45) is 0 Å². The Bertz CT molecular complexity index is 1050. The second-order valence-electron chi connectivity index (χ2n) is 6.09. The molecule has 140 valence electrons. The first-order valence-electron chi connectivity index (χ1n) is 8.47. The maximum Gasteiger partial charge on any atom is 0.254 e. The van der Waals surface area contributed by atoms with Gasteiger partial charge in [0.2, 0.25) is 11.8 Å². The van der Waals surface area contributed by atoms with Crippen LogP contribution in [0, 0.1) is 0 Å². The Balaban J connectivity index is 1.42. The zero-order chi connectivity index (χ0) is 19.5. The summed E-state index contributed by atoms with van der Waals surface area (Å²) in [6.45, 7) is 0. The molecule has 9 heteroatoms. The molecule has 3 aromatic rings. The van der Waals surface area contributed by atoms with Gasteiger partial charge < -0.3 is 16.0 Å². The molecule has 0 bridgehead atoms. The molecule has 3 N–H and O–H groups in total. The van der Waals surface area contributed by atoms with Gasteiger partial charge in [0.15, 0.2) is 5.13 Å². The topological polar surface area (TPSA) is 113 Å². The number of carbonyl (C=O) groups is 3. The Morgan fingerprint density at radius 2 is 1.93 bits per heavy atom. The van der Waals surface area contributed by atoms with Crippen molar-refractivity contribution in [3.63, 3.8) is 0 Å². The number of anilines is 2. The largest absolute Gasteiger partial charge is 0.340 e. The number of aromatic nitrogens is 2. The molecule has 28 heavy (non-hydrogen) atoms. The molecule has 0 saturated carbocycles. The summed E-state index contributed by atoms with van der Waals surface area (Å²) in [5, 5.41) is 10.2. The maximum atomic E-state index is 12.4. The van der Waals surface area contributed by atoms with Crippen LogP contribution in [0.15, 0.2) is 54.2 Å². The Labute approximate surface area is 164 Å². The minimum Gasteiger partial charge on any atom is -0.340 e. The van der Waals surface area contributed by atoms with E-state index in [4.69, 9.17) is 0 Å². The first kappa shape index (κ1) is 17.8. The highest BCUT2D eigenvalue weighted by molar-refractivity contribution is 7.14. The number of nitrogens with zero attached hydrogens (tertiary/aromatic N) is 2. The van der Waals surface area contributed by atoms with Gasteiger partial charge in [-0.05, 0) is 24.3 Å². The standard InChI is InChI=1S/C19H15N5O3S/c25-16(24-19-23-15(10-28-19)11-5-7-20-8-6-11)9-14-18(27)21-13-4-2-1-3-12(13)17(26)22-14/h1-8,10,14H,9H2,(H,21,27)(H,22,26)(H,23,24,25). The highest BCUT2D eigenvalue weighted by atomic mass is 32.1. The number of fused-ring (bicyclic) bond motifs is 1. The van der Waals surface area contributed by atoms with Crippen LogP contribution in [0.5, 0.6) is 0 Å². The normalized spacial score (nSPS) is 15.8. The van der Waals surface area contributed by atoms with Crippen molar-refractivity contribution in [2.45, 2.75) is 12.5 Å². The van der Waals surface area contributed by atoms with Crippen LogP contribution in [0.4, 0.5) is 10.8 Å². The minimum atomic E-state index is -0.973. The van der Waals surface area contributed by atoms with Crippen molar-refractivity contribution in [1.29, 1.82) is 0 Å². The molecule has 1 aliphatic heterocycles. The van der Waals surface area contributed by atoms with E-state index >= 15 is 0 Å². The number of amides is 3. The average Bonchev–Trinajstić information content (AvgIpc) is 3.12. The molecule has 1 aliphatic rings. The van der Waals surface area contributed by atoms with Gasteiger partial charge in [0, 0.05) is 23.3 Å². The summed E-state index contributed by atoms with van der Waals surface area (Å²) in [5.41, 5.74) is 2.40. The van der Waals surface area contributed by atoms with Crippen molar-refractivity contribution in [1.82, 2.24) is 15.3 Å². The molecular weight excluding hydrogens is 378 g/mol. The Morgan fingerprint density at radius 3 is 2.75 bits per heavy atom. The fraction of sp³-hybridized carbons (Fsp3) is 0.105. The molecular formula is C19H15N5O3S. The third-order valence-electron chi connectivity index (χ3n) is 4.17. The smallest absolute Gasteiger partial charge is 0.254 e.